The maximum Gasteiger partial charge on any atom is 0.416 e. The number of benzene rings is 2. The number of anilines is 1. The summed E-state index contributed by atoms with van der Waals surface area (Å²) >= 11 is 0. The van der Waals surface area contributed by atoms with Gasteiger partial charge in [-0.05, 0) is 69.6 Å². The lowest BCUT2D eigenvalue weighted by molar-refractivity contribution is -0.137. The second-order valence-electron chi connectivity index (χ2n) is 9.70. The number of unbranched alkanes of at least 4 members (excludes halogenated alkanes) is 2. The van der Waals surface area contributed by atoms with E-state index < -0.39 is 11.7 Å². The van der Waals surface area contributed by atoms with Gasteiger partial charge in [-0.2, -0.15) is 13.2 Å². The van der Waals surface area contributed by atoms with Gasteiger partial charge in [-0.1, -0.05) is 12.5 Å². The fourth-order valence-electron chi connectivity index (χ4n) is 4.63. The van der Waals surface area contributed by atoms with Crippen LogP contribution in [0.4, 0.5) is 18.9 Å². The molecule has 8 heteroatoms. The Balaban J connectivity index is 1.16. The van der Waals surface area contributed by atoms with Gasteiger partial charge in [0.15, 0.2) is 0 Å². The number of rotatable bonds is 9. The van der Waals surface area contributed by atoms with Gasteiger partial charge < -0.3 is 9.64 Å². The Morgan fingerprint density at radius 1 is 0.944 bits per heavy atom. The van der Waals surface area contributed by atoms with Gasteiger partial charge in [-0.3, -0.25) is 14.3 Å². The third-order valence-corrected chi connectivity index (χ3v) is 6.55. The molecule has 1 aliphatic rings. The van der Waals surface area contributed by atoms with Crippen molar-refractivity contribution in [2.24, 2.45) is 0 Å². The van der Waals surface area contributed by atoms with Gasteiger partial charge >= 0.3 is 6.18 Å². The van der Waals surface area contributed by atoms with Gasteiger partial charge in [-0.25, -0.2) is 0 Å². The number of hydrogen-bond acceptors (Lipinski definition) is 4. The minimum absolute atomic E-state index is 0.0900. The van der Waals surface area contributed by atoms with E-state index >= 15 is 0 Å². The SMILES string of the molecule is CC(C)Oc1ccc2cn(C(=O)CCCCCN3CCN(c4cccc(C(F)(F)F)c4)CC3)cc2c1. The molecule has 1 aromatic heterocycles. The molecule has 0 amide bonds. The number of ether oxygens (including phenoxy) is 1. The van der Waals surface area contributed by atoms with Crippen LogP contribution in [0, 0.1) is 0 Å². The second-order valence-corrected chi connectivity index (χ2v) is 9.70. The highest BCUT2D eigenvalue weighted by molar-refractivity contribution is 5.90. The Labute approximate surface area is 210 Å². The standard InChI is InChI=1S/C28H34F3N3O2/c1-21(2)36-26-11-10-22-19-34(20-23(22)17-26)27(35)9-4-3-5-12-32-13-15-33(16-14-32)25-8-6-7-24(18-25)28(29,30)31/h6-8,10-11,17-21H,3-5,9,12-16H2,1-2H3. The van der Waals surface area contributed by atoms with Crippen LogP contribution < -0.4 is 9.64 Å². The summed E-state index contributed by atoms with van der Waals surface area (Å²) < 4.78 is 46.4. The maximum absolute atomic E-state index is 13.0. The Morgan fingerprint density at radius 2 is 1.69 bits per heavy atom. The van der Waals surface area contributed by atoms with Crippen molar-refractivity contribution < 1.29 is 22.7 Å². The number of hydrogen-bond donors (Lipinski definition) is 0. The number of alkyl halides is 3. The molecule has 0 aliphatic carbocycles. The van der Waals surface area contributed by atoms with Crippen molar-refractivity contribution >= 4 is 22.4 Å². The quantitative estimate of drug-likeness (QED) is 0.315. The van der Waals surface area contributed by atoms with Crippen LogP contribution in [0.15, 0.2) is 54.9 Å². The summed E-state index contributed by atoms with van der Waals surface area (Å²) in [6, 6.07) is 11.4. The van der Waals surface area contributed by atoms with E-state index in [4.69, 9.17) is 4.74 Å². The molecular weight excluding hydrogens is 467 g/mol. The largest absolute Gasteiger partial charge is 0.491 e. The molecule has 1 saturated heterocycles. The molecule has 0 N–H and O–H groups in total. The molecule has 194 valence electrons. The van der Waals surface area contributed by atoms with Crippen LogP contribution in [0.1, 0.15) is 49.9 Å². The van der Waals surface area contributed by atoms with Crippen LogP contribution in [0.3, 0.4) is 0 Å². The molecule has 1 aliphatic heterocycles. The van der Waals surface area contributed by atoms with Crippen LogP contribution in [0.2, 0.25) is 0 Å². The lowest BCUT2D eigenvalue weighted by Gasteiger charge is -2.36. The van der Waals surface area contributed by atoms with E-state index in [0.29, 0.717) is 25.2 Å². The van der Waals surface area contributed by atoms with Crippen LogP contribution in [0.5, 0.6) is 5.75 Å². The summed E-state index contributed by atoms with van der Waals surface area (Å²) in [5, 5.41) is 2.01. The molecule has 5 nitrogen and oxygen atoms in total. The highest BCUT2D eigenvalue weighted by Crippen LogP contribution is 2.32. The van der Waals surface area contributed by atoms with E-state index in [2.05, 4.69) is 4.90 Å². The fraction of sp³-hybridized carbons (Fsp3) is 0.464. The highest BCUT2D eigenvalue weighted by atomic mass is 19.4. The summed E-state index contributed by atoms with van der Waals surface area (Å²) in [6.45, 7) is 7.99. The van der Waals surface area contributed by atoms with Gasteiger partial charge in [0.2, 0.25) is 5.91 Å². The van der Waals surface area contributed by atoms with Crippen molar-refractivity contribution in [3.63, 3.8) is 0 Å². The maximum atomic E-state index is 13.0. The normalized spacial score (nSPS) is 15.1. The van der Waals surface area contributed by atoms with Gasteiger partial charge in [0.25, 0.3) is 0 Å². The summed E-state index contributed by atoms with van der Waals surface area (Å²) in [4.78, 5) is 17.0. The third-order valence-electron chi connectivity index (χ3n) is 6.55. The minimum Gasteiger partial charge on any atom is -0.491 e. The van der Waals surface area contributed by atoms with E-state index in [1.807, 2.05) is 49.3 Å². The lowest BCUT2D eigenvalue weighted by Crippen LogP contribution is -2.46. The van der Waals surface area contributed by atoms with Gasteiger partial charge in [-0.15, -0.1) is 0 Å². The molecule has 2 aromatic carbocycles. The molecule has 2 heterocycles. The first kappa shape index (κ1) is 26.1. The molecule has 0 saturated carbocycles. The van der Waals surface area contributed by atoms with E-state index in [1.165, 1.54) is 12.1 Å². The monoisotopic (exact) mass is 501 g/mol. The molecule has 0 atom stereocenters. The first-order valence-electron chi connectivity index (χ1n) is 12.7. The molecule has 0 bridgehead atoms. The van der Waals surface area contributed by atoms with Crippen molar-refractivity contribution in [1.82, 2.24) is 9.47 Å². The summed E-state index contributed by atoms with van der Waals surface area (Å²) in [5.41, 5.74) is 0.0270. The molecule has 0 unspecified atom stereocenters. The van der Waals surface area contributed by atoms with E-state index in [9.17, 15) is 18.0 Å². The Hall–Kier alpha value is -3.00. The predicted molar refractivity (Wildman–Crippen MR) is 137 cm³/mol. The Kier molecular flexibility index (Phi) is 8.24. The molecule has 4 rings (SSSR count). The summed E-state index contributed by atoms with van der Waals surface area (Å²) in [6.07, 6.45) is 2.83. The number of halogens is 3. The molecule has 0 spiro atoms. The van der Waals surface area contributed by atoms with Crippen molar-refractivity contribution in [3.8, 4) is 5.75 Å². The van der Waals surface area contributed by atoms with Gasteiger partial charge in [0.05, 0.1) is 11.7 Å². The molecule has 36 heavy (non-hydrogen) atoms. The van der Waals surface area contributed by atoms with Gasteiger partial charge in [0.1, 0.15) is 5.75 Å². The minimum atomic E-state index is -4.32. The zero-order chi connectivity index (χ0) is 25.7. The zero-order valence-corrected chi connectivity index (χ0v) is 20.9. The molecule has 0 radical (unpaired) electrons. The number of nitrogens with zero attached hydrogens (tertiary/aromatic N) is 3. The number of carbonyl (C=O) groups is 1. The highest BCUT2D eigenvalue weighted by Gasteiger charge is 2.31. The van der Waals surface area contributed by atoms with E-state index in [-0.39, 0.29) is 12.0 Å². The average molecular weight is 502 g/mol. The van der Waals surface area contributed by atoms with Crippen LogP contribution in [0.25, 0.3) is 10.8 Å². The van der Waals surface area contributed by atoms with E-state index in [1.54, 1.807) is 10.6 Å². The summed E-state index contributed by atoms with van der Waals surface area (Å²) in [5.74, 6) is 0.894. The number of fused-ring (bicyclic) bond motifs is 1. The summed E-state index contributed by atoms with van der Waals surface area (Å²) in [7, 11) is 0. The molecule has 3 aromatic rings. The van der Waals surface area contributed by atoms with Crippen LogP contribution in [-0.2, 0) is 6.18 Å². The van der Waals surface area contributed by atoms with Crippen LogP contribution >= 0.6 is 0 Å². The topological polar surface area (TPSA) is 37.7 Å². The van der Waals surface area contributed by atoms with Gasteiger partial charge in [0, 0.05) is 61.5 Å². The Morgan fingerprint density at radius 3 is 2.42 bits per heavy atom. The smallest absolute Gasteiger partial charge is 0.416 e. The Bertz CT molecular complexity index is 1160. The molecule has 1 fully saturated rings. The van der Waals surface area contributed by atoms with Crippen molar-refractivity contribution in [3.05, 3.63) is 60.4 Å². The van der Waals surface area contributed by atoms with Crippen molar-refractivity contribution in [2.75, 3.05) is 37.6 Å². The number of aromatic nitrogens is 1. The zero-order valence-electron chi connectivity index (χ0n) is 20.9. The third kappa shape index (κ3) is 6.81. The van der Waals surface area contributed by atoms with Crippen molar-refractivity contribution in [2.45, 2.75) is 51.8 Å². The molecular formula is C28H34F3N3O2. The van der Waals surface area contributed by atoms with Crippen LogP contribution in [-0.4, -0.2) is 54.2 Å². The van der Waals surface area contributed by atoms with E-state index in [0.717, 1.165) is 61.5 Å². The first-order chi connectivity index (χ1) is 17.2. The average Bonchev–Trinajstić information content (AvgIpc) is 3.27. The fourth-order valence-corrected chi connectivity index (χ4v) is 4.63. The number of carbonyl (C=O) groups excluding carboxylic acids is 1. The number of piperazine rings is 1. The van der Waals surface area contributed by atoms with Crippen molar-refractivity contribution in [1.29, 1.82) is 0 Å². The second kappa shape index (κ2) is 11.4. The predicted octanol–water partition coefficient (Wildman–Crippen LogP) is 6.47. The lowest BCUT2D eigenvalue weighted by atomic mass is 10.1. The first-order valence-corrected chi connectivity index (χ1v) is 12.7.